The van der Waals surface area contributed by atoms with Crippen molar-refractivity contribution in [3.8, 4) is 17.3 Å². The highest BCUT2D eigenvalue weighted by atomic mass is 32.2. The number of aliphatic carboxylic acids is 1. The molecule has 0 saturated carbocycles. The number of carboxylic acid groups (broad SMARTS) is 1. The van der Waals surface area contributed by atoms with Crippen LogP contribution in [0.1, 0.15) is 24.9 Å². The molecular weight excluding hydrogens is 440 g/mol. The average Bonchev–Trinajstić information content (AvgIpc) is 2.79. The van der Waals surface area contributed by atoms with E-state index in [1.54, 1.807) is 73.8 Å². The molecule has 1 atom stereocenters. The Morgan fingerprint density at radius 1 is 1.03 bits per heavy atom. The predicted octanol–water partition coefficient (Wildman–Crippen LogP) is 3.97. The quantitative estimate of drug-likeness (QED) is 0.201. The first kappa shape index (κ1) is 23.7. The van der Waals surface area contributed by atoms with Gasteiger partial charge in [-0.15, -0.1) is 0 Å². The monoisotopic (exact) mass is 462 g/mol. The summed E-state index contributed by atoms with van der Waals surface area (Å²) >= 11 is 0. The highest BCUT2D eigenvalue weighted by Crippen LogP contribution is 2.27. The largest absolute Gasteiger partial charge is 0.481 e. The molecule has 3 aromatic rings. The standard InChI is InChI=1S/C24H22N4O4S/c1-17(26-16-25)27-21-11-5-9-19(13-21)20-10-6-12-22(14-20)33(31,32)28-23(15-24(29)30)18-7-3-2-4-8-18/h2-14,23,28H,15H2,1H3,(H,26,27)(H,29,30). The summed E-state index contributed by atoms with van der Waals surface area (Å²) in [5, 5.41) is 20.4. The smallest absolute Gasteiger partial charge is 0.305 e. The SMILES string of the molecule is CC(=Nc1cccc(-c2cccc(S(=O)(=O)NC(CC(=O)O)c3ccccc3)c2)c1)NC#N. The zero-order valence-corrected chi connectivity index (χ0v) is 18.6. The maximum Gasteiger partial charge on any atom is 0.305 e. The highest BCUT2D eigenvalue weighted by Gasteiger charge is 2.24. The van der Waals surface area contributed by atoms with Crippen LogP contribution in [0.15, 0.2) is 88.8 Å². The molecule has 0 bridgehead atoms. The number of carbonyl (C=O) groups is 1. The van der Waals surface area contributed by atoms with Gasteiger partial charge >= 0.3 is 5.97 Å². The third-order valence-corrected chi connectivity index (χ3v) is 6.20. The van der Waals surface area contributed by atoms with Gasteiger partial charge in [-0.2, -0.15) is 5.26 Å². The summed E-state index contributed by atoms with van der Waals surface area (Å²) in [5.74, 6) is -0.681. The lowest BCUT2D eigenvalue weighted by Gasteiger charge is -2.18. The van der Waals surface area contributed by atoms with Crippen LogP contribution in [-0.2, 0) is 14.8 Å². The van der Waals surface area contributed by atoms with Gasteiger partial charge in [0.1, 0.15) is 5.84 Å². The zero-order chi connectivity index (χ0) is 23.8. The normalized spacial score (nSPS) is 12.5. The second kappa shape index (κ2) is 10.5. The Balaban J connectivity index is 1.91. The Morgan fingerprint density at radius 2 is 1.70 bits per heavy atom. The van der Waals surface area contributed by atoms with Crippen LogP contribution in [0.25, 0.3) is 11.1 Å². The fourth-order valence-corrected chi connectivity index (χ4v) is 4.51. The Kier molecular flexibility index (Phi) is 7.56. The van der Waals surface area contributed by atoms with Gasteiger partial charge in [-0.05, 0) is 47.9 Å². The van der Waals surface area contributed by atoms with Gasteiger partial charge in [0.05, 0.1) is 23.0 Å². The van der Waals surface area contributed by atoms with Crippen LogP contribution in [0.3, 0.4) is 0 Å². The number of rotatable bonds is 8. The van der Waals surface area contributed by atoms with E-state index < -0.39 is 22.0 Å². The van der Waals surface area contributed by atoms with E-state index in [-0.39, 0.29) is 11.3 Å². The summed E-state index contributed by atoms with van der Waals surface area (Å²) in [4.78, 5) is 15.6. The number of hydrogen-bond acceptors (Lipinski definition) is 5. The number of nitriles is 1. The molecule has 0 saturated heterocycles. The van der Waals surface area contributed by atoms with Crippen LogP contribution in [0, 0.1) is 11.5 Å². The van der Waals surface area contributed by atoms with Gasteiger partial charge < -0.3 is 5.11 Å². The lowest BCUT2D eigenvalue weighted by molar-refractivity contribution is -0.137. The lowest BCUT2D eigenvalue weighted by Crippen LogP contribution is -2.30. The second-order valence-electron chi connectivity index (χ2n) is 7.19. The van der Waals surface area contributed by atoms with Crippen molar-refractivity contribution in [3.63, 3.8) is 0 Å². The summed E-state index contributed by atoms with van der Waals surface area (Å²) in [6.45, 7) is 1.66. The number of nitrogens with one attached hydrogen (secondary N) is 2. The van der Waals surface area contributed by atoms with Crippen molar-refractivity contribution in [1.82, 2.24) is 10.0 Å². The van der Waals surface area contributed by atoms with Gasteiger partial charge in [-0.3, -0.25) is 10.1 Å². The van der Waals surface area contributed by atoms with Crippen molar-refractivity contribution in [3.05, 3.63) is 84.4 Å². The average molecular weight is 463 g/mol. The van der Waals surface area contributed by atoms with Crippen LogP contribution in [0.4, 0.5) is 5.69 Å². The highest BCUT2D eigenvalue weighted by molar-refractivity contribution is 7.89. The molecule has 0 fully saturated rings. The minimum atomic E-state index is -4.01. The topological polar surface area (TPSA) is 132 Å². The van der Waals surface area contributed by atoms with Gasteiger partial charge in [-0.25, -0.2) is 18.1 Å². The molecule has 0 aliphatic heterocycles. The van der Waals surface area contributed by atoms with E-state index in [1.165, 1.54) is 12.1 Å². The van der Waals surface area contributed by atoms with Crippen LogP contribution in [0.5, 0.6) is 0 Å². The van der Waals surface area contributed by atoms with Crippen molar-refractivity contribution in [2.24, 2.45) is 4.99 Å². The zero-order valence-electron chi connectivity index (χ0n) is 17.8. The predicted molar refractivity (Wildman–Crippen MR) is 125 cm³/mol. The summed E-state index contributed by atoms with van der Waals surface area (Å²) in [6.07, 6.45) is 1.42. The van der Waals surface area contributed by atoms with Crippen molar-refractivity contribution in [2.45, 2.75) is 24.3 Å². The van der Waals surface area contributed by atoms with Gasteiger partial charge in [0.2, 0.25) is 10.0 Å². The van der Waals surface area contributed by atoms with E-state index in [1.807, 2.05) is 6.07 Å². The van der Waals surface area contributed by atoms with Crippen molar-refractivity contribution < 1.29 is 18.3 Å². The molecular formula is C24H22N4O4S. The Hall–Kier alpha value is -4.00. The molecule has 3 N–H and O–H groups in total. The van der Waals surface area contributed by atoms with Crippen LogP contribution in [0.2, 0.25) is 0 Å². The Labute approximate surface area is 192 Å². The molecule has 8 nitrogen and oxygen atoms in total. The maximum atomic E-state index is 13.1. The molecule has 1 unspecified atom stereocenters. The third-order valence-electron chi connectivity index (χ3n) is 4.74. The van der Waals surface area contributed by atoms with Gasteiger partial charge in [0, 0.05) is 0 Å². The van der Waals surface area contributed by atoms with Crippen molar-refractivity contribution in [1.29, 1.82) is 5.26 Å². The van der Waals surface area contributed by atoms with Gasteiger partial charge in [-0.1, -0.05) is 54.6 Å². The fourth-order valence-electron chi connectivity index (χ4n) is 3.24. The Morgan fingerprint density at radius 3 is 2.36 bits per heavy atom. The number of aliphatic imine (C=N–C) groups is 1. The minimum absolute atomic E-state index is 0.0163. The number of nitrogens with zero attached hydrogens (tertiary/aromatic N) is 2. The Bertz CT molecular complexity index is 1320. The van der Waals surface area contributed by atoms with Crippen molar-refractivity contribution >= 4 is 27.5 Å². The minimum Gasteiger partial charge on any atom is -0.481 e. The van der Waals surface area contributed by atoms with E-state index in [9.17, 15) is 18.3 Å². The van der Waals surface area contributed by atoms with Crippen molar-refractivity contribution in [2.75, 3.05) is 0 Å². The number of sulfonamides is 1. The molecule has 0 radical (unpaired) electrons. The van der Waals surface area contributed by atoms with Crippen LogP contribution < -0.4 is 10.0 Å². The third kappa shape index (κ3) is 6.49. The molecule has 33 heavy (non-hydrogen) atoms. The molecule has 0 heterocycles. The van der Waals surface area contributed by atoms with Crippen LogP contribution >= 0.6 is 0 Å². The molecule has 3 rings (SSSR count). The molecule has 9 heteroatoms. The van der Waals surface area contributed by atoms with Gasteiger partial charge in [0.25, 0.3) is 0 Å². The summed E-state index contributed by atoms with van der Waals surface area (Å²) in [5.41, 5.74) is 2.55. The molecule has 3 aromatic carbocycles. The van der Waals surface area contributed by atoms with E-state index in [0.717, 1.165) is 5.56 Å². The van der Waals surface area contributed by atoms with E-state index in [4.69, 9.17) is 5.26 Å². The first-order valence-corrected chi connectivity index (χ1v) is 11.5. The second-order valence-corrected chi connectivity index (χ2v) is 8.91. The lowest BCUT2D eigenvalue weighted by atomic mass is 10.1. The fraction of sp³-hybridized carbons (Fsp3) is 0.125. The number of benzene rings is 3. The first-order chi connectivity index (χ1) is 15.8. The van der Waals surface area contributed by atoms with Gasteiger partial charge in [0.15, 0.2) is 6.19 Å². The summed E-state index contributed by atoms with van der Waals surface area (Å²) in [6, 6.07) is 21.2. The van der Waals surface area contributed by atoms with E-state index in [0.29, 0.717) is 22.6 Å². The molecule has 0 aliphatic carbocycles. The molecule has 0 aromatic heterocycles. The molecule has 0 amide bonds. The molecule has 0 aliphatic rings. The molecule has 0 spiro atoms. The van der Waals surface area contributed by atoms with E-state index >= 15 is 0 Å². The van der Waals surface area contributed by atoms with E-state index in [2.05, 4.69) is 15.0 Å². The summed E-state index contributed by atoms with van der Waals surface area (Å²) in [7, 11) is -4.01. The van der Waals surface area contributed by atoms with Crippen LogP contribution in [-0.4, -0.2) is 25.3 Å². The summed E-state index contributed by atoms with van der Waals surface area (Å²) < 4.78 is 28.7. The number of hydrogen-bond donors (Lipinski definition) is 3. The molecule has 168 valence electrons. The first-order valence-electron chi connectivity index (χ1n) is 9.98. The maximum absolute atomic E-state index is 13.1. The number of amidine groups is 1. The number of carboxylic acids is 1.